The van der Waals surface area contributed by atoms with Crippen molar-refractivity contribution in [3.8, 4) is 0 Å². The highest BCUT2D eigenvalue weighted by Gasteiger charge is 2.25. The summed E-state index contributed by atoms with van der Waals surface area (Å²) < 4.78 is 31.7. The first kappa shape index (κ1) is 51.5. The number of allylic oxidation sites excluding steroid dienone is 4. The van der Waals surface area contributed by atoms with E-state index in [1.807, 2.05) is 0 Å². The Hall–Kier alpha value is -1.55. The second kappa shape index (κ2) is 38.7. The number of phosphoric acid groups is 1. The standard InChI is InChI=1S/C42H79O10P/c1-3-5-7-9-11-13-15-17-19-21-23-25-27-29-31-33-41(45)49-35-39(43)37-51-53(47,48)52-38-40(44)36-50-42(46)34-32-30-28-26-24-22-20-18-16-14-12-10-8-6-4-2/h17-20,39-40,43-44H,3-16,21-38H2,1-2H3,(H,47,48). The minimum absolute atomic E-state index is 0.243. The van der Waals surface area contributed by atoms with Gasteiger partial charge in [0.1, 0.15) is 25.4 Å². The molecule has 0 aliphatic carbocycles. The monoisotopic (exact) mass is 775 g/mol. The van der Waals surface area contributed by atoms with Gasteiger partial charge in [-0.3, -0.25) is 18.6 Å². The lowest BCUT2D eigenvalue weighted by molar-refractivity contribution is -0.147. The van der Waals surface area contributed by atoms with Crippen LogP contribution >= 0.6 is 7.82 Å². The highest BCUT2D eigenvalue weighted by molar-refractivity contribution is 7.47. The molecule has 0 rings (SSSR count). The van der Waals surface area contributed by atoms with Crippen LogP contribution in [0.4, 0.5) is 0 Å². The Bertz CT molecular complexity index is 871. The van der Waals surface area contributed by atoms with Gasteiger partial charge in [-0.1, -0.05) is 141 Å². The van der Waals surface area contributed by atoms with Crippen molar-refractivity contribution in [2.75, 3.05) is 26.4 Å². The van der Waals surface area contributed by atoms with Crippen molar-refractivity contribution < 1.29 is 47.8 Å². The summed E-state index contributed by atoms with van der Waals surface area (Å²) in [6, 6.07) is 0. The Balaban J connectivity index is 3.71. The van der Waals surface area contributed by atoms with E-state index in [1.54, 1.807) is 0 Å². The van der Waals surface area contributed by atoms with Gasteiger partial charge in [-0.2, -0.15) is 0 Å². The van der Waals surface area contributed by atoms with Gasteiger partial charge < -0.3 is 24.6 Å². The van der Waals surface area contributed by atoms with Crippen molar-refractivity contribution in [3.05, 3.63) is 24.3 Å². The van der Waals surface area contributed by atoms with E-state index in [2.05, 4.69) is 38.2 Å². The van der Waals surface area contributed by atoms with E-state index >= 15 is 0 Å². The van der Waals surface area contributed by atoms with Gasteiger partial charge in [-0.25, -0.2) is 4.57 Å². The molecular formula is C42H79O10P. The number of carbonyl (C=O) groups excluding carboxylic acids is 2. The summed E-state index contributed by atoms with van der Waals surface area (Å²) >= 11 is 0. The Kier molecular flexibility index (Phi) is 37.6. The number of esters is 2. The van der Waals surface area contributed by atoms with Crippen LogP contribution in [0.2, 0.25) is 0 Å². The molecule has 0 fully saturated rings. The van der Waals surface area contributed by atoms with Crippen LogP contribution in [-0.2, 0) is 32.7 Å². The van der Waals surface area contributed by atoms with Crippen LogP contribution in [0.3, 0.4) is 0 Å². The van der Waals surface area contributed by atoms with Crippen molar-refractivity contribution in [1.82, 2.24) is 0 Å². The quantitative estimate of drug-likeness (QED) is 0.0238. The van der Waals surface area contributed by atoms with E-state index in [0.717, 1.165) is 64.2 Å². The third kappa shape index (κ3) is 39.9. The van der Waals surface area contributed by atoms with E-state index in [-0.39, 0.29) is 26.1 Å². The highest BCUT2D eigenvalue weighted by Crippen LogP contribution is 2.43. The van der Waals surface area contributed by atoms with Gasteiger partial charge >= 0.3 is 19.8 Å². The highest BCUT2D eigenvalue weighted by atomic mass is 31.2. The fourth-order valence-electron chi connectivity index (χ4n) is 5.70. The molecule has 0 bridgehead atoms. The van der Waals surface area contributed by atoms with E-state index in [1.165, 1.54) is 89.9 Å². The molecule has 2 unspecified atom stereocenters. The Morgan fingerprint density at radius 2 is 0.755 bits per heavy atom. The fraction of sp³-hybridized carbons (Fsp3) is 0.857. The second-order valence-electron chi connectivity index (χ2n) is 14.4. The molecule has 0 amide bonds. The van der Waals surface area contributed by atoms with Crippen LogP contribution in [0, 0.1) is 0 Å². The lowest BCUT2D eigenvalue weighted by Gasteiger charge is -2.17. The van der Waals surface area contributed by atoms with Gasteiger partial charge in [0.05, 0.1) is 13.2 Å². The summed E-state index contributed by atoms with van der Waals surface area (Å²) in [5.74, 6) is -0.889. The number of aliphatic hydroxyl groups is 2. The molecule has 0 heterocycles. The SMILES string of the molecule is CCCCCCCCC=CCCCCCCCC(=O)OCC(O)COP(=O)(O)OCC(O)COC(=O)CCCCCCCC=CCCCCCCCC. The number of aliphatic hydroxyl groups excluding tert-OH is 2. The maximum Gasteiger partial charge on any atom is 0.472 e. The predicted octanol–water partition coefficient (Wildman–Crippen LogP) is 11.0. The minimum atomic E-state index is -4.60. The van der Waals surface area contributed by atoms with Crippen LogP contribution in [-0.4, -0.2) is 65.7 Å². The summed E-state index contributed by atoms with van der Waals surface area (Å²) in [6.45, 7) is 2.52. The van der Waals surface area contributed by atoms with Crippen LogP contribution in [0.5, 0.6) is 0 Å². The molecule has 0 spiro atoms. The maximum absolute atomic E-state index is 12.1. The van der Waals surface area contributed by atoms with Gasteiger partial charge in [0.25, 0.3) is 0 Å². The Morgan fingerprint density at radius 1 is 0.472 bits per heavy atom. The minimum Gasteiger partial charge on any atom is -0.463 e. The first-order chi connectivity index (χ1) is 25.7. The number of unbranched alkanes of at least 4 members (excludes halogenated alkanes) is 22. The molecule has 0 saturated carbocycles. The second-order valence-corrected chi connectivity index (χ2v) is 15.9. The first-order valence-electron chi connectivity index (χ1n) is 21.3. The zero-order valence-electron chi connectivity index (χ0n) is 33.7. The molecular weight excluding hydrogens is 695 g/mol. The zero-order valence-corrected chi connectivity index (χ0v) is 34.6. The number of rotatable bonds is 40. The molecule has 53 heavy (non-hydrogen) atoms. The van der Waals surface area contributed by atoms with Crippen molar-refractivity contribution in [1.29, 1.82) is 0 Å². The van der Waals surface area contributed by atoms with Gasteiger partial charge in [-0.15, -0.1) is 0 Å². The van der Waals surface area contributed by atoms with E-state index in [4.69, 9.17) is 18.5 Å². The summed E-state index contributed by atoms with van der Waals surface area (Å²) in [5, 5.41) is 20.0. The molecule has 0 aliphatic heterocycles. The van der Waals surface area contributed by atoms with Crippen LogP contribution in [0.1, 0.15) is 194 Å². The molecule has 0 aromatic heterocycles. The Morgan fingerprint density at radius 3 is 1.08 bits per heavy atom. The van der Waals surface area contributed by atoms with E-state index in [0.29, 0.717) is 12.8 Å². The van der Waals surface area contributed by atoms with Crippen molar-refractivity contribution in [3.63, 3.8) is 0 Å². The van der Waals surface area contributed by atoms with Gasteiger partial charge in [-0.05, 0) is 64.2 Å². The molecule has 3 N–H and O–H groups in total. The molecule has 0 aliphatic rings. The predicted molar refractivity (Wildman–Crippen MR) is 215 cm³/mol. The normalized spacial score (nSPS) is 14.1. The summed E-state index contributed by atoms with van der Waals surface area (Å²) in [4.78, 5) is 33.8. The van der Waals surface area contributed by atoms with E-state index in [9.17, 15) is 29.3 Å². The lowest BCUT2D eigenvalue weighted by atomic mass is 10.1. The smallest absolute Gasteiger partial charge is 0.463 e. The average Bonchev–Trinajstić information content (AvgIpc) is 3.14. The van der Waals surface area contributed by atoms with Crippen molar-refractivity contribution in [2.45, 2.75) is 206 Å². The molecule has 11 heteroatoms. The maximum atomic E-state index is 12.1. The summed E-state index contributed by atoms with van der Waals surface area (Å²) in [7, 11) is -4.60. The molecule has 0 aromatic rings. The third-order valence-corrected chi connectivity index (χ3v) is 9.97. The molecule has 0 aromatic carbocycles. The van der Waals surface area contributed by atoms with Crippen LogP contribution < -0.4 is 0 Å². The van der Waals surface area contributed by atoms with Gasteiger partial charge in [0.2, 0.25) is 0 Å². The number of carbonyl (C=O) groups is 2. The fourth-order valence-corrected chi connectivity index (χ4v) is 6.49. The zero-order chi connectivity index (χ0) is 39.1. The van der Waals surface area contributed by atoms with Crippen molar-refractivity contribution >= 4 is 19.8 Å². The van der Waals surface area contributed by atoms with Crippen LogP contribution in [0.15, 0.2) is 24.3 Å². The molecule has 0 radical (unpaired) electrons. The number of ether oxygens (including phenoxy) is 2. The lowest BCUT2D eigenvalue weighted by Crippen LogP contribution is -2.25. The first-order valence-corrected chi connectivity index (χ1v) is 22.8. The molecule has 312 valence electrons. The van der Waals surface area contributed by atoms with E-state index < -0.39 is 45.2 Å². The van der Waals surface area contributed by atoms with Gasteiger partial charge in [0.15, 0.2) is 0 Å². The molecule has 10 nitrogen and oxygen atoms in total. The topological polar surface area (TPSA) is 149 Å². The molecule has 2 atom stereocenters. The number of hydrogen-bond donors (Lipinski definition) is 3. The summed E-state index contributed by atoms with van der Waals surface area (Å²) in [6.07, 6.45) is 37.3. The molecule has 0 saturated heterocycles. The number of hydrogen-bond acceptors (Lipinski definition) is 9. The van der Waals surface area contributed by atoms with Crippen molar-refractivity contribution in [2.24, 2.45) is 0 Å². The average molecular weight is 775 g/mol. The Labute approximate surface area is 323 Å². The third-order valence-electron chi connectivity index (χ3n) is 9.02. The largest absolute Gasteiger partial charge is 0.472 e. The van der Waals surface area contributed by atoms with Crippen LogP contribution in [0.25, 0.3) is 0 Å². The number of phosphoric ester groups is 1. The van der Waals surface area contributed by atoms with Gasteiger partial charge in [0, 0.05) is 12.8 Å². The summed E-state index contributed by atoms with van der Waals surface area (Å²) in [5.41, 5.74) is 0.